The lowest BCUT2D eigenvalue weighted by Crippen LogP contribution is -2.54. The van der Waals surface area contributed by atoms with E-state index in [0.29, 0.717) is 32.4 Å². The Morgan fingerprint density at radius 3 is 2.14 bits per heavy atom. The number of carbonyl (C=O) groups is 4. The van der Waals surface area contributed by atoms with Gasteiger partial charge in [0.25, 0.3) is 0 Å². The van der Waals surface area contributed by atoms with Crippen LogP contribution in [0.4, 0.5) is 0 Å². The van der Waals surface area contributed by atoms with Crippen LogP contribution < -0.4 is 21.3 Å². The zero-order valence-electron chi connectivity index (χ0n) is 25.8. The van der Waals surface area contributed by atoms with E-state index in [2.05, 4.69) is 38.1 Å². The molecule has 2 aromatic carbocycles. The van der Waals surface area contributed by atoms with Crippen molar-refractivity contribution in [3.05, 3.63) is 71.8 Å². The van der Waals surface area contributed by atoms with Gasteiger partial charge in [-0.1, -0.05) is 60.7 Å². The number of piperazine rings is 1. The van der Waals surface area contributed by atoms with Crippen molar-refractivity contribution in [2.75, 3.05) is 66.0 Å². The van der Waals surface area contributed by atoms with Crippen LogP contribution in [0.5, 0.6) is 0 Å². The van der Waals surface area contributed by atoms with Gasteiger partial charge < -0.3 is 30.9 Å². The van der Waals surface area contributed by atoms with E-state index in [1.54, 1.807) is 6.92 Å². The average Bonchev–Trinajstić information content (AvgIpc) is 3.78. The highest BCUT2D eigenvalue weighted by atomic mass is 16.6. The summed E-state index contributed by atoms with van der Waals surface area (Å²) in [5.41, 5.74) is 1.40. The first kappa shape index (κ1) is 33.3. The van der Waals surface area contributed by atoms with Gasteiger partial charge in [-0.3, -0.25) is 24.1 Å². The second-order valence-corrected chi connectivity index (χ2v) is 12.0. The van der Waals surface area contributed by atoms with Crippen molar-refractivity contribution < 1.29 is 23.9 Å². The summed E-state index contributed by atoms with van der Waals surface area (Å²) in [5, 5.41) is 11.8. The van der Waals surface area contributed by atoms with Crippen LogP contribution >= 0.6 is 0 Å². The van der Waals surface area contributed by atoms with Crippen molar-refractivity contribution in [1.82, 2.24) is 31.1 Å². The molecular formula is C33H46N6O5. The Bertz CT molecular complexity index is 1230. The van der Waals surface area contributed by atoms with Gasteiger partial charge in [0.15, 0.2) is 5.78 Å². The predicted octanol–water partition coefficient (Wildman–Crippen LogP) is 0.143. The van der Waals surface area contributed by atoms with Gasteiger partial charge in [0.1, 0.15) is 11.6 Å². The fourth-order valence-electron chi connectivity index (χ4n) is 5.13. The maximum absolute atomic E-state index is 13.3. The van der Waals surface area contributed by atoms with Crippen LogP contribution in [0.25, 0.3) is 0 Å². The zero-order valence-corrected chi connectivity index (χ0v) is 25.8. The number of likely N-dealkylation sites (N-methyl/N-ethyl adjacent to an activating group) is 1. The predicted molar refractivity (Wildman–Crippen MR) is 168 cm³/mol. The third kappa shape index (κ3) is 11.1. The number of carbonyl (C=O) groups excluding carboxylic acids is 4. The Morgan fingerprint density at radius 1 is 0.864 bits per heavy atom. The topological polar surface area (TPSA) is 135 Å². The van der Waals surface area contributed by atoms with Crippen LogP contribution in [0.15, 0.2) is 60.7 Å². The number of ketones is 1. The number of epoxide rings is 1. The minimum Gasteiger partial charge on any atom is -0.362 e. The average molecular weight is 607 g/mol. The van der Waals surface area contributed by atoms with Crippen LogP contribution in [-0.4, -0.2) is 117 Å². The Labute approximate surface area is 260 Å². The third-order valence-corrected chi connectivity index (χ3v) is 8.14. The molecule has 0 saturated carbocycles. The van der Waals surface area contributed by atoms with Crippen LogP contribution in [0, 0.1) is 0 Å². The standard InChI is InChI=1S/C33H46N6O5/c1-33(24-44-33)29(40)21-34-20-27(19-26-11-7-4-8-12-26)36-30(41)22-35-32(43)28(14-13-25-9-5-3-6-10-25)37-31(42)23-39-17-15-38(2)16-18-39/h3-12,27-28,34H,13-24H2,1-2H3,(H,35,43)(H,36,41)(H,37,42)/t27-,28-,33+/m0/s1. The molecule has 0 aromatic heterocycles. The molecule has 11 nitrogen and oxygen atoms in total. The molecule has 2 aliphatic heterocycles. The fourth-order valence-corrected chi connectivity index (χ4v) is 5.13. The summed E-state index contributed by atoms with van der Waals surface area (Å²) in [5.74, 6) is -0.980. The molecule has 2 saturated heterocycles. The molecule has 4 N–H and O–H groups in total. The van der Waals surface area contributed by atoms with Crippen LogP contribution in [-0.2, 0) is 36.8 Å². The molecular weight excluding hydrogens is 560 g/mol. The molecule has 0 spiro atoms. The Balaban J connectivity index is 1.30. The van der Waals surface area contributed by atoms with Gasteiger partial charge in [0.2, 0.25) is 17.7 Å². The second kappa shape index (κ2) is 16.4. The largest absolute Gasteiger partial charge is 0.362 e. The maximum atomic E-state index is 13.3. The van der Waals surface area contributed by atoms with Crippen molar-refractivity contribution in [1.29, 1.82) is 0 Å². The van der Waals surface area contributed by atoms with E-state index in [4.69, 9.17) is 4.74 Å². The molecule has 0 unspecified atom stereocenters. The summed E-state index contributed by atoms with van der Waals surface area (Å²) >= 11 is 0. The molecule has 11 heteroatoms. The number of Topliss-reactive ketones (excluding diaryl/α,β-unsaturated/α-hetero) is 1. The molecule has 2 aliphatic rings. The van der Waals surface area contributed by atoms with Gasteiger partial charge in [-0.2, -0.15) is 0 Å². The highest BCUT2D eigenvalue weighted by Gasteiger charge is 2.46. The van der Waals surface area contributed by atoms with E-state index in [-0.39, 0.29) is 43.3 Å². The van der Waals surface area contributed by atoms with Gasteiger partial charge in [0.05, 0.1) is 26.2 Å². The maximum Gasteiger partial charge on any atom is 0.243 e. The first-order chi connectivity index (χ1) is 21.2. The van der Waals surface area contributed by atoms with E-state index in [9.17, 15) is 19.2 Å². The number of rotatable bonds is 17. The second-order valence-electron chi connectivity index (χ2n) is 12.0. The molecule has 2 heterocycles. The van der Waals surface area contributed by atoms with Crippen molar-refractivity contribution in [2.24, 2.45) is 0 Å². The van der Waals surface area contributed by atoms with Crippen molar-refractivity contribution in [2.45, 2.75) is 43.9 Å². The van der Waals surface area contributed by atoms with Crippen molar-refractivity contribution in [3.8, 4) is 0 Å². The van der Waals surface area contributed by atoms with Gasteiger partial charge >= 0.3 is 0 Å². The lowest BCUT2D eigenvalue weighted by atomic mass is 10.0. The number of amides is 3. The smallest absolute Gasteiger partial charge is 0.243 e. The van der Waals surface area contributed by atoms with Crippen molar-refractivity contribution in [3.63, 3.8) is 0 Å². The summed E-state index contributed by atoms with van der Waals surface area (Å²) in [6, 6.07) is 18.5. The monoisotopic (exact) mass is 606 g/mol. The molecule has 0 aliphatic carbocycles. The molecule has 4 rings (SSSR count). The Morgan fingerprint density at radius 2 is 1.50 bits per heavy atom. The fraction of sp³-hybridized carbons (Fsp3) is 0.515. The van der Waals surface area contributed by atoms with E-state index < -0.39 is 17.6 Å². The van der Waals surface area contributed by atoms with Crippen LogP contribution in [0.2, 0.25) is 0 Å². The number of aryl methyl sites for hydroxylation is 1. The van der Waals surface area contributed by atoms with Gasteiger partial charge in [0, 0.05) is 38.8 Å². The number of benzene rings is 2. The highest BCUT2D eigenvalue weighted by Crippen LogP contribution is 2.26. The zero-order chi connectivity index (χ0) is 31.4. The van der Waals surface area contributed by atoms with E-state index >= 15 is 0 Å². The number of hydrogen-bond acceptors (Lipinski definition) is 8. The first-order valence-electron chi connectivity index (χ1n) is 15.4. The lowest BCUT2D eigenvalue weighted by Gasteiger charge is -2.32. The van der Waals surface area contributed by atoms with E-state index in [0.717, 1.165) is 37.3 Å². The van der Waals surface area contributed by atoms with Crippen molar-refractivity contribution >= 4 is 23.5 Å². The Hall–Kier alpha value is -3.64. The van der Waals surface area contributed by atoms with Gasteiger partial charge in [-0.25, -0.2) is 0 Å². The molecule has 2 aromatic rings. The highest BCUT2D eigenvalue weighted by molar-refractivity contribution is 5.91. The minimum atomic E-state index is -0.776. The van der Waals surface area contributed by atoms with Gasteiger partial charge in [-0.05, 0) is 44.4 Å². The Kier molecular flexibility index (Phi) is 12.4. The number of ether oxygens (including phenoxy) is 1. The van der Waals surface area contributed by atoms with E-state index in [1.807, 2.05) is 60.7 Å². The summed E-state index contributed by atoms with van der Waals surface area (Å²) in [6.07, 6.45) is 1.56. The lowest BCUT2D eigenvalue weighted by molar-refractivity contribution is -0.131. The molecule has 0 radical (unpaired) electrons. The third-order valence-electron chi connectivity index (χ3n) is 8.14. The number of nitrogens with zero attached hydrogens (tertiary/aromatic N) is 2. The number of hydrogen-bond donors (Lipinski definition) is 4. The summed E-state index contributed by atoms with van der Waals surface area (Å²) in [6.45, 7) is 6.10. The quantitative estimate of drug-likeness (QED) is 0.187. The summed E-state index contributed by atoms with van der Waals surface area (Å²) < 4.78 is 5.23. The van der Waals surface area contributed by atoms with Crippen LogP contribution in [0.1, 0.15) is 24.5 Å². The van der Waals surface area contributed by atoms with Gasteiger partial charge in [-0.15, -0.1) is 0 Å². The van der Waals surface area contributed by atoms with Crippen LogP contribution in [0.3, 0.4) is 0 Å². The minimum absolute atomic E-state index is 0.0224. The van der Waals surface area contributed by atoms with E-state index in [1.165, 1.54) is 0 Å². The molecule has 3 amide bonds. The molecule has 238 valence electrons. The number of nitrogens with one attached hydrogen (secondary N) is 4. The molecule has 44 heavy (non-hydrogen) atoms. The SMILES string of the molecule is CN1CCN(CC(=O)N[C@@H](CCc2ccccc2)C(=O)NCC(=O)N[C@H](CNCC(=O)[C@@]2(C)CO2)Cc2ccccc2)CC1. The normalized spacial score (nSPS) is 19.9. The summed E-state index contributed by atoms with van der Waals surface area (Å²) in [4.78, 5) is 55.8. The first-order valence-corrected chi connectivity index (χ1v) is 15.4. The molecule has 0 bridgehead atoms. The molecule has 2 fully saturated rings. The molecule has 3 atom stereocenters. The summed E-state index contributed by atoms with van der Waals surface area (Å²) in [7, 11) is 2.06.